The molecule has 7 heteroatoms. The number of amides is 2. The predicted molar refractivity (Wildman–Crippen MR) is 116 cm³/mol. The normalized spacial score (nSPS) is 16.2. The Bertz CT molecular complexity index is 975. The lowest BCUT2D eigenvalue weighted by Crippen LogP contribution is -2.57. The summed E-state index contributed by atoms with van der Waals surface area (Å²) in [5, 5.41) is 1.02. The van der Waals surface area contributed by atoms with Crippen LogP contribution in [-0.4, -0.2) is 52.8 Å². The number of H-pyrrole nitrogens is 1. The first-order chi connectivity index (χ1) is 13.5. The van der Waals surface area contributed by atoms with Crippen molar-refractivity contribution in [2.75, 3.05) is 26.2 Å². The van der Waals surface area contributed by atoms with Crippen LogP contribution in [0.5, 0.6) is 0 Å². The van der Waals surface area contributed by atoms with Crippen LogP contribution < -0.4 is 5.73 Å². The van der Waals surface area contributed by atoms with Gasteiger partial charge < -0.3 is 20.5 Å². The minimum atomic E-state index is -1.08. The van der Waals surface area contributed by atoms with Crippen LogP contribution in [-0.2, 0) is 10.3 Å². The van der Waals surface area contributed by atoms with Crippen molar-refractivity contribution >= 4 is 35.1 Å². The lowest BCUT2D eigenvalue weighted by molar-refractivity contribution is -0.138. The van der Waals surface area contributed by atoms with Gasteiger partial charge in [0.2, 0.25) is 5.91 Å². The molecular formula is C22H25ClN4O2. The van der Waals surface area contributed by atoms with Crippen LogP contribution in [0.2, 0.25) is 0 Å². The molecule has 3 N–H and O–H groups in total. The molecule has 152 valence electrons. The average Bonchev–Trinajstić information content (AvgIpc) is 3.17. The Kier molecular flexibility index (Phi) is 5.96. The zero-order valence-electron chi connectivity index (χ0n) is 16.3. The third kappa shape index (κ3) is 3.99. The number of nitrogens with zero attached hydrogens (tertiary/aromatic N) is 2. The summed E-state index contributed by atoms with van der Waals surface area (Å²) in [5.41, 5.74) is 7.60. The number of carbonyl (C=O) groups is 2. The first-order valence-electron chi connectivity index (χ1n) is 9.47. The van der Waals surface area contributed by atoms with Crippen molar-refractivity contribution in [1.29, 1.82) is 0 Å². The standard InChI is InChI=1S/C22H24N4O2.ClH/c1-22(23,17-8-3-2-4-9-17)21(28)26-13-11-25(12-14-26)20(27)19-15-16-7-5-6-10-18(16)24-19;/h2-10,15,24H,11-14,23H2,1H3;1H. The van der Waals surface area contributed by atoms with Crippen molar-refractivity contribution in [3.63, 3.8) is 0 Å². The number of aromatic nitrogens is 1. The number of aromatic amines is 1. The summed E-state index contributed by atoms with van der Waals surface area (Å²) in [6.45, 7) is 3.68. The zero-order chi connectivity index (χ0) is 19.7. The van der Waals surface area contributed by atoms with E-state index in [1.165, 1.54) is 0 Å². The molecule has 1 aromatic heterocycles. The van der Waals surface area contributed by atoms with Gasteiger partial charge in [-0.1, -0.05) is 48.5 Å². The molecule has 0 bridgehead atoms. The number of rotatable bonds is 3. The molecule has 2 amide bonds. The Morgan fingerprint density at radius 3 is 2.17 bits per heavy atom. The first-order valence-corrected chi connectivity index (χ1v) is 9.47. The van der Waals surface area contributed by atoms with Crippen molar-refractivity contribution in [1.82, 2.24) is 14.8 Å². The van der Waals surface area contributed by atoms with Crippen molar-refractivity contribution in [2.45, 2.75) is 12.5 Å². The van der Waals surface area contributed by atoms with Crippen molar-refractivity contribution in [2.24, 2.45) is 5.73 Å². The van der Waals surface area contributed by atoms with Gasteiger partial charge in [0.15, 0.2) is 0 Å². The quantitative estimate of drug-likeness (QED) is 0.693. The summed E-state index contributed by atoms with van der Waals surface area (Å²) >= 11 is 0. The number of hydrogen-bond donors (Lipinski definition) is 2. The summed E-state index contributed by atoms with van der Waals surface area (Å²) in [7, 11) is 0. The fourth-order valence-electron chi connectivity index (χ4n) is 3.71. The minimum Gasteiger partial charge on any atom is -0.351 e. The van der Waals surface area contributed by atoms with E-state index in [2.05, 4.69) is 4.98 Å². The van der Waals surface area contributed by atoms with Gasteiger partial charge in [0.1, 0.15) is 11.2 Å². The number of nitrogens with one attached hydrogen (secondary N) is 1. The number of fused-ring (bicyclic) bond motifs is 1. The molecule has 0 aliphatic carbocycles. The van der Waals surface area contributed by atoms with E-state index < -0.39 is 5.54 Å². The third-order valence-electron chi connectivity index (χ3n) is 5.43. The summed E-state index contributed by atoms with van der Waals surface area (Å²) in [4.78, 5) is 32.5. The third-order valence-corrected chi connectivity index (χ3v) is 5.43. The predicted octanol–water partition coefficient (Wildman–Crippen LogP) is 2.75. The first kappa shape index (κ1) is 20.9. The number of nitrogens with two attached hydrogens (primary N) is 1. The second kappa shape index (κ2) is 8.27. The maximum Gasteiger partial charge on any atom is 0.270 e. The van der Waals surface area contributed by atoms with Crippen molar-refractivity contribution in [3.05, 3.63) is 71.9 Å². The maximum absolute atomic E-state index is 13.0. The SMILES string of the molecule is CC(N)(C(=O)N1CCN(C(=O)c2cc3ccccc3[nH]2)CC1)c1ccccc1.Cl. The highest BCUT2D eigenvalue weighted by atomic mass is 35.5. The Morgan fingerprint density at radius 2 is 1.52 bits per heavy atom. The van der Waals surface area contributed by atoms with Crippen LogP contribution in [0, 0.1) is 0 Å². The molecule has 2 heterocycles. The van der Waals surface area contributed by atoms with Crippen LogP contribution in [0.1, 0.15) is 23.0 Å². The second-order valence-electron chi connectivity index (χ2n) is 7.42. The van der Waals surface area contributed by atoms with Crippen LogP contribution in [0.25, 0.3) is 10.9 Å². The molecule has 1 fully saturated rings. The van der Waals surface area contributed by atoms with E-state index in [0.717, 1.165) is 16.5 Å². The van der Waals surface area contributed by atoms with Crippen molar-refractivity contribution in [3.8, 4) is 0 Å². The second-order valence-corrected chi connectivity index (χ2v) is 7.42. The molecule has 29 heavy (non-hydrogen) atoms. The van der Waals surface area contributed by atoms with E-state index in [1.807, 2.05) is 60.7 Å². The van der Waals surface area contributed by atoms with Gasteiger partial charge in [-0.2, -0.15) is 0 Å². The highest BCUT2D eigenvalue weighted by Crippen LogP contribution is 2.22. The van der Waals surface area contributed by atoms with Crippen LogP contribution in [0.15, 0.2) is 60.7 Å². The molecule has 1 aliphatic rings. The van der Waals surface area contributed by atoms with E-state index in [9.17, 15) is 9.59 Å². The molecule has 0 saturated carbocycles. The highest BCUT2D eigenvalue weighted by molar-refractivity contribution is 5.98. The number of piperazine rings is 1. The number of hydrogen-bond acceptors (Lipinski definition) is 3. The topological polar surface area (TPSA) is 82.4 Å². The van der Waals surface area contributed by atoms with Gasteiger partial charge in [0.25, 0.3) is 5.91 Å². The minimum absolute atomic E-state index is 0. The molecule has 6 nitrogen and oxygen atoms in total. The fraction of sp³-hybridized carbons (Fsp3) is 0.273. The molecule has 1 aliphatic heterocycles. The molecule has 1 atom stereocenters. The molecule has 3 aromatic rings. The lowest BCUT2D eigenvalue weighted by atomic mass is 9.91. The Balaban J connectivity index is 0.00000240. The Hall–Kier alpha value is -2.83. The van der Waals surface area contributed by atoms with Crippen LogP contribution >= 0.6 is 12.4 Å². The van der Waals surface area contributed by atoms with Gasteiger partial charge in [-0.3, -0.25) is 9.59 Å². The zero-order valence-corrected chi connectivity index (χ0v) is 17.1. The monoisotopic (exact) mass is 412 g/mol. The number of carbonyl (C=O) groups excluding carboxylic acids is 2. The molecule has 0 radical (unpaired) electrons. The van der Waals surface area contributed by atoms with Crippen LogP contribution in [0.4, 0.5) is 0 Å². The van der Waals surface area contributed by atoms with Gasteiger partial charge in [-0.15, -0.1) is 12.4 Å². The van der Waals surface area contributed by atoms with E-state index >= 15 is 0 Å². The summed E-state index contributed by atoms with van der Waals surface area (Å²) < 4.78 is 0. The highest BCUT2D eigenvalue weighted by Gasteiger charge is 2.36. The largest absolute Gasteiger partial charge is 0.351 e. The van der Waals surface area contributed by atoms with E-state index in [4.69, 9.17) is 5.73 Å². The average molecular weight is 413 g/mol. The Morgan fingerprint density at radius 1 is 0.931 bits per heavy atom. The van der Waals surface area contributed by atoms with E-state index in [1.54, 1.807) is 16.7 Å². The van der Waals surface area contributed by atoms with Gasteiger partial charge in [0, 0.05) is 37.1 Å². The van der Waals surface area contributed by atoms with Gasteiger partial charge >= 0.3 is 0 Å². The molecule has 1 unspecified atom stereocenters. The Labute approximate surface area is 176 Å². The van der Waals surface area contributed by atoms with Gasteiger partial charge in [-0.05, 0) is 24.6 Å². The van der Waals surface area contributed by atoms with E-state index in [0.29, 0.717) is 31.9 Å². The van der Waals surface area contributed by atoms with Crippen LogP contribution in [0.3, 0.4) is 0 Å². The number of para-hydroxylation sites is 1. The summed E-state index contributed by atoms with van der Waals surface area (Å²) in [5.74, 6) is -0.154. The maximum atomic E-state index is 13.0. The summed E-state index contributed by atoms with van der Waals surface area (Å²) in [6.07, 6.45) is 0. The molecule has 4 rings (SSSR count). The fourth-order valence-corrected chi connectivity index (χ4v) is 3.71. The van der Waals surface area contributed by atoms with Gasteiger partial charge in [0.05, 0.1) is 0 Å². The van der Waals surface area contributed by atoms with E-state index in [-0.39, 0.29) is 24.2 Å². The number of halogens is 1. The molecule has 2 aromatic carbocycles. The molecule has 1 saturated heterocycles. The number of benzene rings is 2. The smallest absolute Gasteiger partial charge is 0.270 e. The summed E-state index contributed by atoms with van der Waals surface area (Å²) in [6, 6.07) is 19.1. The molecule has 0 spiro atoms. The van der Waals surface area contributed by atoms with Crippen molar-refractivity contribution < 1.29 is 9.59 Å². The molecular weight excluding hydrogens is 388 g/mol. The van der Waals surface area contributed by atoms with Gasteiger partial charge in [-0.25, -0.2) is 0 Å². The lowest BCUT2D eigenvalue weighted by Gasteiger charge is -2.38.